The highest BCUT2D eigenvalue weighted by atomic mass is 35.5. The van der Waals surface area contributed by atoms with Crippen molar-refractivity contribution in [2.24, 2.45) is 0 Å². The first kappa shape index (κ1) is 15.7. The Morgan fingerprint density at radius 2 is 1.76 bits per heavy atom. The van der Waals surface area contributed by atoms with E-state index in [9.17, 15) is 5.11 Å². The second kappa shape index (κ2) is 7.34. The number of benzene rings is 2. The van der Waals surface area contributed by atoms with Gasteiger partial charge >= 0.3 is 0 Å². The highest BCUT2D eigenvalue weighted by Gasteiger charge is 2.10. The molecule has 2 aromatic carbocycles. The molecule has 0 bridgehead atoms. The number of methoxy groups -OCH3 is 2. The molecule has 0 amide bonds. The van der Waals surface area contributed by atoms with E-state index in [-0.39, 0.29) is 0 Å². The van der Waals surface area contributed by atoms with Crippen LogP contribution in [0.1, 0.15) is 23.7 Å². The lowest BCUT2D eigenvalue weighted by molar-refractivity contribution is 0.168. The Bertz CT molecular complexity index is 581. The summed E-state index contributed by atoms with van der Waals surface area (Å²) in [5.74, 6) is 1.45. The fraction of sp³-hybridized carbons (Fsp3) is 0.294. The number of aliphatic hydroxyl groups is 1. The van der Waals surface area contributed by atoms with E-state index in [0.717, 1.165) is 23.3 Å². The molecule has 0 aromatic heterocycles. The van der Waals surface area contributed by atoms with E-state index in [4.69, 9.17) is 21.1 Å². The van der Waals surface area contributed by atoms with E-state index in [1.807, 2.05) is 30.3 Å². The molecule has 2 aromatic rings. The number of halogens is 1. The minimum atomic E-state index is -0.546. The summed E-state index contributed by atoms with van der Waals surface area (Å²) < 4.78 is 10.2. The van der Waals surface area contributed by atoms with Gasteiger partial charge in [0, 0.05) is 0 Å². The summed E-state index contributed by atoms with van der Waals surface area (Å²) in [7, 11) is 3.22. The topological polar surface area (TPSA) is 38.7 Å². The molecule has 1 atom stereocenters. The van der Waals surface area contributed by atoms with Crippen molar-refractivity contribution in [1.82, 2.24) is 0 Å². The minimum absolute atomic E-state index is 0.512. The van der Waals surface area contributed by atoms with Crippen LogP contribution in [-0.4, -0.2) is 19.3 Å². The monoisotopic (exact) mass is 306 g/mol. The first-order valence-corrected chi connectivity index (χ1v) is 7.16. The zero-order chi connectivity index (χ0) is 15.2. The van der Waals surface area contributed by atoms with Gasteiger partial charge in [-0.25, -0.2) is 0 Å². The maximum absolute atomic E-state index is 10.2. The predicted molar refractivity (Wildman–Crippen MR) is 84.3 cm³/mol. The van der Waals surface area contributed by atoms with Gasteiger partial charge in [0.25, 0.3) is 0 Å². The Balaban J connectivity index is 1.97. The van der Waals surface area contributed by atoms with Crippen LogP contribution in [0.25, 0.3) is 0 Å². The maximum Gasteiger partial charge on any atom is 0.137 e. The zero-order valence-electron chi connectivity index (χ0n) is 12.2. The van der Waals surface area contributed by atoms with Gasteiger partial charge in [-0.15, -0.1) is 0 Å². The smallest absolute Gasteiger partial charge is 0.137 e. The van der Waals surface area contributed by atoms with Gasteiger partial charge in [-0.05, 0) is 48.2 Å². The number of hydrogen-bond donors (Lipinski definition) is 1. The molecule has 0 saturated carbocycles. The van der Waals surface area contributed by atoms with Crippen LogP contribution in [0.4, 0.5) is 0 Å². The van der Waals surface area contributed by atoms with E-state index in [1.165, 1.54) is 0 Å². The first-order valence-electron chi connectivity index (χ1n) is 6.78. The number of hydrogen-bond acceptors (Lipinski definition) is 3. The van der Waals surface area contributed by atoms with Crippen molar-refractivity contribution in [3.8, 4) is 11.5 Å². The molecule has 0 heterocycles. The van der Waals surface area contributed by atoms with Crippen LogP contribution in [0.15, 0.2) is 42.5 Å². The molecule has 3 nitrogen and oxygen atoms in total. The van der Waals surface area contributed by atoms with Gasteiger partial charge in [-0.1, -0.05) is 29.8 Å². The quantitative estimate of drug-likeness (QED) is 0.876. The van der Waals surface area contributed by atoms with Gasteiger partial charge in [-0.2, -0.15) is 0 Å². The number of rotatable bonds is 6. The van der Waals surface area contributed by atoms with Crippen molar-refractivity contribution < 1.29 is 14.6 Å². The third-order valence-electron chi connectivity index (χ3n) is 3.43. The summed E-state index contributed by atoms with van der Waals surface area (Å²) >= 11 is 6.07. The lowest BCUT2D eigenvalue weighted by atomic mass is 10.0. The van der Waals surface area contributed by atoms with Crippen LogP contribution in [0.5, 0.6) is 11.5 Å². The minimum Gasteiger partial charge on any atom is -0.497 e. The summed E-state index contributed by atoms with van der Waals surface area (Å²) in [6.45, 7) is 0. The van der Waals surface area contributed by atoms with Gasteiger partial charge in [0.2, 0.25) is 0 Å². The molecule has 21 heavy (non-hydrogen) atoms. The van der Waals surface area contributed by atoms with Crippen LogP contribution in [-0.2, 0) is 6.42 Å². The molecule has 0 aliphatic heterocycles. The van der Waals surface area contributed by atoms with Crippen molar-refractivity contribution >= 4 is 11.6 Å². The van der Waals surface area contributed by atoms with Gasteiger partial charge < -0.3 is 14.6 Å². The van der Waals surface area contributed by atoms with E-state index >= 15 is 0 Å². The molecule has 0 aliphatic carbocycles. The lowest BCUT2D eigenvalue weighted by Crippen LogP contribution is -2.00. The summed E-state index contributed by atoms with van der Waals surface area (Å²) in [5.41, 5.74) is 1.96. The van der Waals surface area contributed by atoms with Gasteiger partial charge in [-0.3, -0.25) is 0 Å². The predicted octanol–water partition coefficient (Wildman–Crippen LogP) is 4.02. The van der Waals surface area contributed by atoms with E-state index in [2.05, 4.69) is 0 Å². The van der Waals surface area contributed by atoms with Crippen LogP contribution in [0.2, 0.25) is 5.02 Å². The Morgan fingerprint density at radius 1 is 1.05 bits per heavy atom. The lowest BCUT2D eigenvalue weighted by Gasteiger charge is -2.13. The van der Waals surface area contributed by atoms with Crippen LogP contribution in [0, 0.1) is 0 Å². The summed E-state index contributed by atoms with van der Waals surface area (Å²) in [6.07, 6.45) is 0.875. The molecular formula is C17H19ClO3. The molecule has 0 radical (unpaired) electrons. The van der Waals surface area contributed by atoms with Crippen LogP contribution in [0.3, 0.4) is 0 Å². The average Bonchev–Trinajstić information content (AvgIpc) is 2.53. The maximum atomic E-state index is 10.2. The Labute approximate surface area is 130 Å². The fourth-order valence-electron chi connectivity index (χ4n) is 2.15. The molecule has 0 aliphatic rings. The van der Waals surface area contributed by atoms with Crippen molar-refractivity contribution in [1.29, 1.82) is 0 Å². The zero-order valence-corrected chi connectivity index (χ0v) is 12.9. The molecule has 0 saturated heterocycles. The standard InChI is InChI=1S/C17H19ClO3/c1-20-14-7-3-12(4-8-14)5-9-16(19)13-6-10-17(21-2)15(18)11-13/h3-4,6-8,10-11,16,19H,5,9H2,1-2H3. The summed E-state index contributed by atoms with van der Waals surface area (Å²) in [4.78, 5) is 0. The third-order valence-corrected chi connectivity index (χ3v) is 3.72. The Hall–Kier alpha value is -1.71. The second-order valence-corrected chi connectivity index (χ2v) is 5.20. The fourth-order valence-corrected chi connectivity index (χ4v) is 2.42. The average molecular weight is 307 g/mol. The Morgan fingerprint density at radius 3 is 2.33 bits per heavy atom. The number of aryl methyl sites for hydroxylation is 1. The molecule has 4 heteroatoms. The summed E-state index contributed by atoms with van der Waals surface area (Å²) in [5, 5.41) is 10.8. The van der Waals surface area contributed by atoms with Crippen molar-refractivity contribution in [2.45, 2.75) is 18.9 Å². The highest BCUT2D eigenvalue weighted by Crippen LogP contribution is 2.29. The molecular weight excluding hydrogens is 288 g/mol. The molecule has 2 rings (SSSR count). The van der Waals surface area contributed by atoms with E-state index in [0.29, 0.717) is 17.2 Å². The Kier molecular flexibility index (Phi) is 5.48. The number of aliphatic hydroxyl groups excluding tert-OH is 1. The van der Waals surface area contributed by atoms with Crippen molar-refractivity contribution in [3.63, 3.8) is 0 Å². The third kappa shape index (κ3) is 4.13. The number of ether oxygens (including phenoxy) is 2. The second-order valence-electron chi connectivity index (χ2n) is 4.80. The molecule has 1 unspecified atom stereocenters. The molecule has 0 spiro atoms. The van der Waals surface area contributed by atoms with Gasteiger partial charge in [0.05, 0.1) is 25.3 Å². The van der Waals surface area contributed by atoms with Crippen LogP contribution >= 0.6 is 11.6 Å². The molecule has 1 N–H and O–H groups in total. The van der Waals surface area contributed by atoms with Gasteiger partial charge in [0.1, 0.15) is 11.5 Å². The van der Waals surface area contributed by atoms with Crippen LogP contribution < -0.4 is 9.47 Å². The van der Waals surface area contributed by atoms with E-state index in [1.54, 1.807) is 26.4 Å². The SMILES string of the molecule is COc1ccc(CCC(O)c2ccc(OC)c(Cl)c2)cc1. The largest absolute Gasteiger partial charge is 0.497 e. The summed E-state index contributed by atoms with van der Waals surface area (Å²) in [6, 6.07) is 13.2. The molecule has 0 fully saturated rings. The van der Waals surface area contributed by atoms with Crippen molar-refractivity contribution in [3.05, 3.63) is 58.6 Å². The van der Waals surface area contributed by atoms with E-state index < -0.39 is 6.10 Å². The van der Waals surface area contributed by atoms with Gasteiger partial charge in [0.15, 0.2) is 0 Å². The normalized spacial score (nSPS) is 12.0. The van der Waals surface area contributed by atoms with Crippen molar-refractivity contribution in [2.75, 3.05) is 14.2 Å². The molecule has 112 valence electrons. The first-order chi connectivity index (χ1) is 10.1. The highest BCUT2D eigenvalue weighted by molar-refractivity contribution is 6.32.